The summed E-state index contributed by atoms with van der Waals surface area (Å²) in [4.78, 5) is 24.1. The molecular weight excluding hydrogens is 310 g/mol. The van der Waals surface area contributed by atoms with Gasteiger partial charge in [-0.1, -0.05) is 30.3 Å². The van der Waals surface area contributed by atoms with Crippen LogP contribution in [0.2, 0.25) is 0 Å². The van der Waals surface area contributed by atoms with Crippen LogP contribution in [0, 0.1) is 0 Å². The van der Waals surface area contributed by atoms with E-state index >= 15 is 0 Å². The molecule has 6 nitrogen and oxygen atoms in total. The van der Waals surface area contributed by atoms with Gasteiger partial charge >= 0.3 is 6.09 Å². The summed E-state index contributed by atoms with van der Waals surface area (Å²) >= 11 is 0. The van der Waals surface area contributed by atoms with E-state index in [1.54, 1.807) is 20.8 Å². The van der Waals surface area contributed by atoms with Crippen molar-refractivity contribution in [2.75, 3.05) is 13.7 Å². The second kappa shape index (κ2) is 9.39. The van der Waals surface area contributed by atoms with Gasteiger partial charge in [0.25, 0.3) is 0 Å². The highest BCUT2D eigenvalue weighted by molar-refractivity contribution is 5.84. The molecule has 0 aromatic heterocycles. The van der Waals surface area contributed by atoms with Crippen molar-refractivity contribution in [1.82, 2.24) is 5.32 Å². The van der Waals surface area contributed by atoms with Crippen molar-refractivity contribution < 1.29 is 24.2 Å². The van der Waals surface area contributed by atoms with Crippen LogP contribution in [0.25, 0.3) is 0 Å². The highest BCUT2D eigenvalue weighted by atomic mass is 16.6. The van der Waals surface area contributed by atoms with E-state index in [1.807, 2.05) is 30.3 Å². The number of methoxy groups -OCH3 is 1. The van der Waals surface area contributed by atoms with Crippen LogP contribution in [0.3, 0.4) is 0 Å². The van der Waals surface area contributed by atoms with Crippen LogP contribution >= 0.6 is 0 Å². The van der Waals surface area contributed by atoms with Crippen molar-refractivity contribution in [3.05, 3.63) is 35.9 Å². The Morgan fingerprint density at radius 3 is 2.38 bits per heavy atom. The number of aliphatic hydroxyl groups excluding tert-OH is 1. The summed E-state index contributed by atoms with van der Waals surface area (Å²) in [5.41, 5.74) is 0.240. The molecular formula is C18H27NO5. The Labute approximate surface area is 143 Å². The molecule has 24 heavy (non-hydrogen) atoms. The zero-order valence-corrected chi connectivity index (χ0v) is 14.7. The summed E-state index contributed by atoms with van der Waals surface area (Å²) in [7, 11) is 1.49. The van der Waals surface area contributed by atoms with E-state index in [4.69, 9.17) is 9.47 Å². The van der Waals surface area contributed by atoms with E-state index < -0.39 is 23.8 Å². The minimum absolute atomic E-state index is 0.0823. The van der Waals surface area contributed by atoms with Gasteiger partial charge in [-0.05, 0) is 32.8 Å². The molecule has 0 aliphatic heterocycles. The van der Waals surface area contributed by atoms with Crippen LogP contribution in [0.5, 0.6) is 0 Å². The van der Waals surface area contributed by atoms with Gasteiger partial charge in [0.2, 0.25) is 0 Å². The minimum atomic E-state index is -1.33. The lowest BCUT2D eigenvalue weighted by atomic mass is 9.97. The number of hydrogen-bond acceptors (Lipinski definition) is 5. The Hall–Kier alpha value is -1.92. The number of aliphatic hydroxyl groups is 1. The number of hydrogen-bond donors (Lipinski definition) is 2. The molecule has 0 fully saturated rings. The molecule has 0 heterocycles. The van der Waals surface area contributed by atoms with Gasteiger partial charge < -0.3 is 19.9 Å². The van der Waals surface area contributed by atoms with Crippen molar-refractivity contribution in [3.63, 3.8) is 0 Å². The summed E-state index contributed by atoms with van der Waals surface area (Å²) in [5.74, 6) is -0.381. The summed E-state index contributed by atoms with van der Waals surface area (Å²) < 4.78 is 10.1. The van der Waals surface area contributed by atoms with Gasteiger partial charge in [-0.15, -0.1) is 0 Å². The van der Waals surface area contributed by atoms with Crippen LogP contribution in [0.1, 0.15) is 32.8 Å². The van der Waals surface area contributed by atoms with Crippen molar-refractivity contribution >= 4 is 11.9 Å². The maximum Gasteiger partial charge on any atom is 0.407 e. The molecule has 0 aliphatic rings. The molecule has 6 heteroatoms. The van der Waals surface area contributed by atoms with Gasteiger partial charge in [-0.3, -0.25) is 4.79 Å². The molecule has 1 rings (SSSR count). The quantitative estimate of drug-likeness (QED) is 0.759. The number of Topliss-reactive ketones (excluding diaryl/α,β-unsaturated/α-hetero) is 1. The molecule has 2 N–H and O–H groups in total. The molecule has 0 radical (unpaired) electrons. The third-order valence-corrected chi connectivity index (χ3v) is 3.26. The number of benzene rings is 1. The van der Waals surface area contributed by atoms with Crippen molar-refractivity contribution in [2.45, 2.75) is 51.4 Å². The zero-order valence-electron chi connectivity index (χ0n) is 14.7. The molecule has 1 aromatic carbocycles. The van der Waals surface area contributed by atoms with E-state index in [2.05, 4.69) is 5.32 Å². The normalized spacial score (nSPS) is 13.9. The van der Waals surface area contributed by atoms with Gasteiger partial charge in [0.15, 0.2) is 5.78 Å². The Bertz CT molecular complexity index is 524. The fourth-order valence-electron chi connectivity index (χ4n) is 2.14. The molecule has 134 valence electrons. The van der Waals surface area contributed by atoms with Gasteiger partial charge in [0, 0.05) is 13.5 Å². The summed E-state index contributed by atoms with van der Waals surface area (Å²) in [6.45, 7) is 5.47. The average Bonchev–Trinajstić information content (AvgIpc) is 2.50. The van der Waals surface area contributed by atoms with E-state index in [1.165, 1.54) is 7.11 Å². The maximum atomic E-state index is 12.1. The lowest BCUT2D eigenvalue weighted by molar-refractivity contribution is -0.129. The second-order valence-corrected chi connectivity index (χ2v) is 6.60. The monoisotopic (exact) mass is 337 g/mol. The predicted octanol–water partition coefficient (Wildman–Crippen LogP) is 2.09. The highest BCUT2D eigenvalue weighted by Gasteiger charge is 2.29. The van der Waals surface area contributed by atoms with E-state index in [0.29, 0.717) is 6.42 Å². The summed E-state index contributed by atoms with van der Waals surface area (Å²) in [6.07, 6.45) is -1.59. The second-order valence-electron chi connectivity index (χ2n) is 6.60. The lowest BCUT2D eigenvalue weighted by Gasteiger charge is -2.26. The molecule has 1 unspecified atom stereocenters. The SMILES string of the molecule is COCCC(=O)C(O)[C@H](Cc1ccccc1)NC(=O)OC(C)(C)C. The van der Waals surface area contributed by atoms with Crippen molar-refractivity contribution in [3.8, 4) is 0 Å². The summed E-state index contributed by atoms with van der Waals surface area (Å²) in [5, 5.41) is 12.9. The number of carbonyl (C=O) groups excluding carboxylic acids is 2. The first-order chi connectivity index (χ1) is 11.2. The topological polar surface area (TPSA) is 84.9 Å². The predicted molar refractivity (Wildman–Crippen MR) is 90.8 cm³/mol. The standard InChI is InChI=1S/C18H27NO5/c1-18(2,3)24-17(22)19-14(12-13-8-6-5-7-9-13)16(21)15(20)10-11-23-4/h5-9,14,16,21H,10-12H2,1-4H3,(H,19,22)/t14-,16?/m0/s1. The van der Waals surface area contributed by atoms with Crippen molar-refractivity contribution in [1.29, 1.82) is 0 Å². The molecule has 2 atom stereocenters. The molecule has 0 saturated carbocycles. The van der Waals surface area contributed by atoms with Gasteiger partial charge in [-0.2, -0.15) is 0 Å². The van der Waals surface area contributed by atoms with Crippen LogP contribution in [0.4, 0.5) is 4.79 Å². The number of ketones is 1. The molecule has 1 aromatic rings. The van der Waals surface area contributed by atoms with Crippen LogP contribution in [0.15, 0.2) is 30.3 Å². The van der Waals surface area contributed by atoms with Crippen LogP contribution in [-0.4, -0.2) is 48.4 Å². The van der Waals surface area contributed by atoms with E-state index in [9.17, 15) is 14.7 Å². The first kappa shape index (κ1) is 20.1. The number of nitrogens with one attached hydrogen (secondary N) is 1. The number of amides is 1. The summed E-state index contributed by atoms with van der Waals surface area (Å²) in [6, 6.07) is 8.57. The Balaban J connectivity index is 2.82. The third-order valence-electron chi connectivity index (χ3n) is 3.26. The fraction of sp³-hybridized carbons (Fsp3) is 0.556. The Morgan fingerprint density at radius 2 is 1.83 bits per heavy atom. The maximum absolute atomic E-state index is 12.1. The lowest BCUT2D eigenvalue weighted by Crippen LogP contribution is -2.49. The van der Waals surface area contributed by atoms with Crippen molar-refractivity contribution in [2.24, 2.45) is 0 Å². The number of carbonyl (C=O) groups is 2. The third kappa shape index (κ3) is 7.57. The van der Waals surface area contributed by atoms with E-state index in [0.717, 1.165) is 5.56 Å². The first-order valence-electron chi connectivity index (χ1n) is 7.96. The van der Waals surface area contributed by atoms with Gasteiger partial charge in [0.1, 0.15) is 11.7 Å². The molecule has 0 aliphatic carbocycles. The Kier molecular flexibility index (Phi) is 7.88. The van der Waals surface area contributed by atoms with E-state index in [-0.39, 0.29) is 18.8 Å². The number of alkyl carbamates (subject to hydrolysis) is 1. The molecule has 0 bridgehead atoms. The minimum Gasteiger partial charge on any atom is -0.444 e. The number of ether oxygens (including phenoxy) is 2. The molecule has 1 amide bonds. The van der Waals surface area contributed by atoms with Crippen LogP contribution in [-0.2, 0) is 20.7 Å². The number of rotatable bonds is 8. The largest absolute Gasteiger partial charge is 0.444 e. The highest BCUT2D eigenvalue weighted by Crippen LogP contribution is 2.11. The smallest absolute Gasteiger partial charge is 0.407 e. The Morgan fingerprint density at radius 1 is 1.21 bits per heavy atom. The molecule has 0 saturated heterocycles. The van der Waals surface area contributed by atoms with Gasteiger partial charge in [-0.25, -0.2) is 4.79 Å². The molecule has 0 spiro atoms. The first-order valence-corrected chi connectivity index (χ1v) is 7.96. The zero-order chi connectivity index (χ0) is 18.2. The van der Waals surface area contributed by atoms with Gasteiger partial charge in [0.05, 0.1) is 12.6 Å². The fourth-order valence-corrected chi connectivity index (χ4v) is 2.14. The van der Waals surface area contributed by atoms with Crippen LogP contribution < -0.4 is 5.32 Å². The average molecular weight is 337 g/mol.